The van der Waals surface area contributed by atoms with Gasteiger partial charge in [-0.05, 0) is 35.4 Å². The fraction of sp³-hybridized carbons (Fsp3) is 0.500. The van der Waals surface area contributed by atoms with Crippen molar-refractivity contribution >= 4 is 11.8 Å². The molecule has 2 aromatic rings. The lowest BCUT2D eigenvalue weighted by Crippen LogP contribution is -2.16. The third-order valence-electron chi connectivity index (χ3n) is 2.97. The fourth-order valence-electron chi connectivity index (χ4n) is 2.02. The molecule has 0 radical (unpaired) electrons. The number of hydrogen-bond donors (Lipinski definition) is 0. The highest BCUT2D eigenvalue weighted by atomic mass is 32.2. The van der Waals surface area contributed by atoms with Crippen LogP contribution in [0.4, 0.5) is 0 Å². The number of rotatable bonds is 5. The molecule has 19 heavy (non-hydrogen) atoms. The third-order valence-corrected chi connectivity index (χ3v) is 3.97. The van der Waals surface area contributed by atoms with E-state index in [4.69, 9.17) is 4.74 Å². The van der Waals surface area contributed by atoms with Crippen molar-refractivity contribution in [3.63, 3.8) is 0 Å². The lowest BCUT2D eigenvalue weighted by molar-refractivity contribution is 0.0912. The van der Waals surface area contributed by atoms with Crippen LogP contribution in [0.5, 0.6) is 0 Å². The van der Waals surface area contributed by atoms with E-state index >= 15 is 0 Å². The largest absolute Gasteiger partial charge is 0.376 e. The van der Waals surface area contributed by atoms with Crippen molar-refractivity contribution in [3.8, 4) is 0 Å². The van der Waals surface area contributed by atoms with Crippen LogP contribution in [0.2, 0.25) is 0 Å². The standard InChI is InChI=1S/C12H15N5OS/c1-2-6-13-10(4-1)9-19-12-14-15-16-17(12)8-11-5-3-7-18-11/h1-2,4,6,11H,3,5,7-9H2. The van der Waals surface area contributed by atoms with Crippen molar-refractivity contribution in [2.24, 2.45) is 0 Å². The predicted molar refractivity (Wildman–Crippen MR) is 70.6 cm³/mol. The van der Waals surface area contributed by atoms with Gasteiger partial charge in [0.25, 0.3) is 0 Å². The molecule has 0 amide bonds. The summed E-state index contributed by atoms with van der Waals surface area (Å²) in [6, 6.07) is 5.90. The van der Waals surface area contributed by atoms with Gasteiger partial charge in [-0.2, -0.15) is 0 Å². The number of nitrogens with zero attached hydrogens (tertiary/aromatic N) is 5. The molecule has 0 spiro atoms. The summed E-state index contributed by atoms with van der Waals surface area (Å²) in [7, 11) is 0. The Morgan fingerprint density at radius 1 is 1.42 bits per heavy atom. The molecule has 1 atom stereocenters. The summed E-state index contributed by atoms with van der Waals surface area (Å²) < 4.78 is 7.43. The van der Waals surface area contributed by atoms with Crippen molar-refractivity contribution in [1.82, 2.24) is 25.2 Å². The molecular weight excluding hydrogens is 262 g/mol. The lowest BCUT2D eigenvalue weighted by Gasteiger charge is -2.09. The Kier molecular flexibility index (Phi) is 4.04. The molecule has 0 bridgehead atoms. The minimum Gasteiger partial charge on any atom is -0.376 e. The predicted octanol–water partition coefficient (Wildman–Crippen LogP) is 1.54. The molecule has 7 heteroatoms. The Hall–Kier alpha value is -1.47. The van der Waals surface area contributed by atoms with Crippen LogP contribution < -0.4 is 0 Å². The number of thioether (sulfide) groups is 1. The molecule has 3 heterocycles. The highest BCUT2D eigenvalue weighted by molar-refractivity contribution is 7.98. The summed E-state index contributed by atoms with van der Waals surface area (Å²) in [6.45, 7) is 1.58. The highest BCUT2D eigenvalue weighted by Gasteiger charge is 2.18. The van der Waals surface area contributed by atoms with Gasteiger partial charge < -0.3 is 4.74 Å². The number of pyridine rings is 1. The summed E-state index contributed by atoms with van der Waals surface area (Å²) in [4.78, 5) is 4.29. The van der Waals surface area contributed by atoms with Gasteiger partial charge in [-0.3, -0.25) is 4.98 Å². The average Bonchev–Trinajstić information content (AvgIpc) is 3.10. The van der Waals surface area contributed by atoms with E-state index in [0.29, 0.717) is 0 Å². The minimum absolute atomic E-state index is 0.248. The molecule has 100 valence electrons. The summed E-state index contributed by atoms with van der Waals surface area (Å²) in [6.07, 6.45) is 4.26. The van der Waals surface area contributed by atoms with E-state index in [-0.39, 0.29) is 6.10 Å². The van der Waals surface area contributed by atoms with Gasteiger partial charge in [-0.15, -0.1) is 5.10 Å². The van der Waals surface area contributed by atoms with Gasteiger partial charge in [-0.25, -0.2) is 4.68 Å². The SMILES string of the molecule is c1ccc(CSc2nnnn2CC2CCCO2)nc1. The first kappa shape index (κ1) is 12.6. The molecule has 1 fully saturated rings. The van der Waals surface area contributed by atoms with Crippen molar-refractivity contribution in [1.29, 1.82) is 0 Å². The summed E-state index contributed by atoms with van der Waals surface area (Å²) in [5, 5.41) is 12.6. The van der Waals surface area contributed by atoms with E-state index < -0.39 is 0 Å². The number of tetrazole rings is 1. The van der Waals surface area contributed by atoms with Crippen LogP contribution in [0.25, 0.3) is 0 Å². The molecule has 0 saturated carbocycles. The Labute approximate surface area is 115 Å². The minimum atomic E-state index is 0.248. The molecule has 1 unspecified atom stereocenters. The highest BCUT2D eigenvalue weighted by Crippen LogP contribution is 2.20. The van der Waals surface area contributed by atoms with Gasteiger partial charge in [0.05, 0.1) is 18.3 Å². The average molecular weight is 277 g/mol. The van der Waals surface area contributed by atoms with Crippen LogP contribution >= 0.6 is 11.8 Å². The molecule has 6 nitrogen and oxygen atoms in total. The molecule has 2 aromatic heterocycles. The van der Waals surface area contributed by atoms with Crippen LogP contribution in [0.1, 0.15) is 18.5 Å². The summed E-state index contributed by atoms with van der Waals surface area (Å²) in [5.74, 6) is 0.771. The Morgan fingerprint density at radius 3 is 3.21 bits per heavy atom. The van der Waals surface area contributed by atoms with Crippen molar-refractivity contribution in [2.45, 2.75) is 36.4 Å². The molecule has 0 N–H and O–H groups in total. The first-order valence-corrected chi connectivity index (χ1v) is 7.31. The van der Waals surface area contributed by atoms with Gasteiger partial charge >= 0.3 is 0 Å². The van der Waals surface area contributed by atoms with E-state index in [2.05, 4.69) is 20.5 Å². The fourth-order valence-corrected chi connectivity index (χ4v) is 2.82. The van der Waals surface area contributed by atoms with Crippen molar-refractivity contribution in [3.05, 3.63) is 30.1 Å². The zero-order valence-electron chi connectivity index (χ0n) is 10.5. The Balaban J connectivity index is 1.60. The molecule has 3 rings (SSSR count). The van der Waals surface area contributed by atoms with Gasteiger partial charge in [-0.1, -0.05) is 17.8 Å². The van der Waals surface area contributed by atoms with E-state index in [0.717, 1.165) is 42.6 Å². The topological polar surface area (TPSA) is 65.7 Å². The van der Waals surface area contributed by atoms with Crippen LogP contribution in [0.3, 0.4) is 0 Å². The van der Waals surface area contributed by atoms with Crippen LogP contribution in [-0.4, -0.2) is 37.9 Å². The molecule has 1 aliphatic heterocycles. The van der Waals surface area contributed by atoms with E-state index in [1.165, 1.54) is 0 Å². The number of hydrogen-bond acceptors (Lipinski definition) is 6. The monoisotopic (exact) mass is 277 g/mol. The second-order valence-electron chi connectivity index (χ2n) is 4.39. The molecule has 1 saturated heterocycles. The van der Waals surface area contributed by atoms with E-state index in [1.54, 1.807) is 18.0 Å². The first-order valence-electron chi connectivity index (χ1n) is 6.32. The summed E-state index contributed by atoms with van der Waals surface area (Å²) >= 11 is 1.60. The van der Waals surface area contributed by atoms with Crippen LogP contribution in [-0.2, 0) is 17.0 Å². The Morgan fingerprint density at radius 2 is 2.42 bits per heavy atom. The molecule has 0 aliphatic carbocycles. The molecule has 0 aromatic carbocycles. The number of ether oxygens (including phenoxy) is 1. The maximum absolute atomic E-state index is 5.61. The van der Waals surface area contributed by atoms with E-state index in [1.807, 2.05) is 22.9 Å². The van der Waals surface area contributed by atoms with E-state index in [9.17, 15) is 0 Å². The van der Waals surface area contributed by atoms with Gasteiger partial charge in [0.2, 0.25) is 5.16 Å². The van der Waals surface area contributed by atoms with Crippen LogP contribution in [0.15, 0.2) is 29.6 Å². The third kappa shape index (κ3) is 3.30. The zero-order chi connectivity index (χ0) is 12.9. The van der Waals surface area contributed by atoms with Gasteiger partial charge in [0.15, 0.2) is 0 Å². The second-order valence-corrected chi connectivity index (χ2v) is 5.33. The lowest BCUT2D eigenvalue weighted by atomic mass is 10.2. The van der Waals surface area contributed by atoms with Crippen molar-refractivity contribution < 1.29 is 4.74 Å². The zero-order valence-corrected chi connectivity index (χ0v) is 11.3. The first-order chi connectivity index (χ1) is 9.42. The van der Waals surface area contributed by atoms with Crippen LogP contribution in [0, 0.1) is 0 Å². The second kappa shape index (κ2) is 6.12. The quantitative estimate of drug-likeness (QED) is 0.772. The van der Waals surface area contributed by atoms with Gasteiger partial charge in [0.1, 0.15) is 0 Å². The smallest absolute Gasteiger partial charge is 0.209 e. The maximum atomic E-state index is 5.61. The maximum Gasteiger partial charge on any atom is 0.209 e. The Bertz CT molecular complexity index is 512. The van der Waals surface area contributed by atoms with Crippen molar-refractivity contribution in [2.75, 3.05) is 6.61 Å². The number of aromatic nitrogens is 5. The molecule has 1 aliphatic rings. The van der Waals surface area contributed by atoms with Gasteiger partial charge in [0, 0.05) is 18.6 Å². The molecular formula is C12H15N5OS. The summed E-state index contributed by atoms with van der Waals surface area (Å²) in [5.41, 5.74) is 1.03. The normalized spacial score (nSPS) is 18.8.